The Balaban J connectivity index is 0. The summed E-state index contributed by atoms with van der Waals surface area (Å²) in [6.45, 7) is 0. The van der Waals surface area contributed by atoms with Crippen molar-refractivity contribution in [2.75, 3.05) is 0 Å². The number of hydrogen-bond donors (Lipinski definition) is 0. The van der Waals surface area contributed by atoms with Crippen LogP contribution in [0.2, 0.25) is 0 Å². The van der Waals surface area contributed by atoms with Crippen LogP contribution in [0.25, 0.3) is 0 Å². The van der Waals surface area contributed by atoms with Gasteiger partial charge >= 0.3 is 103 Å². The van der Waals surface area contributed by atoms with Gasteiger partial charge in [-0.3, -0.25) is 0 Å². The molecule has 0 saturated heterocycles. The monoisotopic (exact) mass is 213 g/mol. The van der Waals surface area contributed by atoms with E-state index in [1.54, 1.807) is 0 Å². The summed E-state index contributed by atoms with van der Waals surface area (Å²) >= 11 is 0. The summed E-state index contributed by atoms with van der Waals surface area (Å²) in [7, 11) is 0. The Kier molecular flexibility index (Phi) is 151. The van der Waals surface area contributed by atoms with Gasteiger partial charge in [0.15, 0.2) is 17.4 Å². The molecule has 0 rings (SSSR count). The van der Waals surface area contributed by atoms with Crippen molar-refractivity contribution in [2.24, 2.45) is 0 Å². The van der Waals surface area contributed by atoms with Crippen LogP contribution in [0.4, 0.5) is 0 Å². The Morgan fingerprint density at radius 1 is 1.00 bits per heavy atom. The van der Waals surface area contributed by atoms with Crippen LogP contribution in [0, 0.1) is 0 Å². The van der Waals surface area contributed by atoms with E-state index in [1.807, 2.05) is 0 Å². The van der Waals surface area contributed by atoms with Crippen molar-refractivity contribution < 1.29 is 142 Å². The molecule has 5 heavy (non-hydrogen) atoms. The summed E-state index contributed by atoms with van der Waals surface area (Å²) in [5, 5.41) is 0. The van der Waals surface area contributed by atoms with Gasteiger partial charge in [0.1, 0.15) is 0 Å². The van der Waals surface area contributed by atoms with Crippen molar-refractivity contribution in [3.8, 4) is 0 Å². The largest absolute Gasteiger partial charge is 1.00 e. The van der Waals surface area contributed by atoms with E-state index in [0.29, 0.717) is 0 Å². The average molecular weight is 213 g/mol. The zero-order valence-electron chi connectivity index (χ0n) is 4.86. The Morgan fingerprint density at radius 3 is 1.00 bits per heavy atom. The Morgan fingerprint density at radius 2 is 1.00 bits per heavy atom. The van der Waals surface area contributed by atoms with Gasteiger partial charge in [-0.2, -0.15) is 0 Å². The molecular weight excluding hydrogens is 208 g/mol. The van der Waals surface area contributed by atoms with E-state index < -0.39 is 0 Å². The summed E-state index contributed by atoms with van der Waals surface area (Å²) in [4.78, 5) is 0. The quantitative estimate of drug-likeness (QED) is 0.351. The summed E-state index contributed by atoms with van der Waals surface area (Å²) in [6, 6.07) is 0. The third-order valence-corrected chi connectivity index (χ3v) is 0. The summed E-state index contributed by atoms with van der Waals surface area (Å²) < 4.78 is 0. The molecule has 0 aromatic rings. The van der Waals surface area contributed by atoms with E-state index in [0.717, 1.165) is 0 Å². The van der Waals surface area contributed by atoms with Gasteiger partial charge in [-0.05, 0) is 0 Å². The second kappa shape index (κ2) is 23.1. The van der Waals surface area contributed by atoms with E-state index >= 15 is 0 Å². The van der Waals surface area contributed by atoms with Gasteiger partial charge in [0.25, 0.3) is 0 Å². The molecule has 0 nitrogen and oxygen atoms in total. The zero-order chi connectivity index (χ0) is 0. The Hall–Kier alpha value is 4.92. The van der Waals surface area contributed by atoms with Gasteiger partial charge < -0.3 is 2.85 Å². The molecule has 1 radical (unpaired) electrons. The van der Waals surface area contributed by atoms with Crippen molar-refractivity contribution >= 4 is 17.4 Å². The fraction of sp³-hybridized carbons (Fsp3) is 0. The molecule has 0 amide bonds. The second-order valence-corrected chi connectivity index (χ2v) is 0. The normalized spacial score (nSPS) is 0. The molecule has 0 bridgehead atoms. The first kappa shape index (κ1) is 32.6. The van der Waals surface area contributed by atoms with Crippen molar-refractivity contribution in [1.29, 1.82) is 0 Å². The van der Waals surface area contributed by atoms with Gasteiger partial charge in [0, 0.05) is 35.9 Å². The van der Waals surface area contributed by atoms with Crippen LogP contribution in [-0.4, -0.2) is 17.4 Å². The van der Waals surface area contributed by atoms with Gasteiger partial charge in [0.2, 0.25) is 0 Å². The maximum Gasteiger partial charge on any atom is 1.00 e. The standard InChI is InChI=1S/Al.Cr.2K.V.5H/q;;2*+1;;;;;2*-1. The molecule has 0 unspecified atom stereocenters. The molecule has 0 N–H and O–H groups in total. The van der Waals surface area contributed by atoms with Crippen LogP contribution in [0.1, 0.15) is 2.85 Å². The minimum Gasteiger partial charge on any atom is -1.00 e. The first-order valence-corrected chi connectivity index (χ1v) is 0. The van der Waals surface area contributed by atoms with Crippen LogP contribution >= 0.6 is 0 Å². The predicted molar refractivity (Wildman–Crippen MR) is 12.2 cm³/mol. The Labute approximate surface area is 154 Å². The van der Waals surface area contributed by atoms with Gasteiger partial charge in [-0.15, -0.1) is 0 Å². The first-order valence-electron chi connectivity index (χ1n) is 0. The third kappa shape index (κ3) is 17.6. The molecule has 0 atom stereocenters. The second-order valence-electron chi connectivity index (χ2n) is 0. The topological polar surface area (TPSA) is 0 Å². The molecule has 0 spiro atoms. The summed E-state index contributed by atoms with van der Waals surface area (Å²) in [6.07, 6.45) is 0. The fourth-order valence-corrected chi connectivity index (χ4v) is 0. The van der Waals surface area contributed by atoms with Crippen LogP contribution in [0.3, 0.4) is 0 Å². The minimum absolute atomic E-state index is 0. The first-order chi connectivity index (χ1) is 0. The van der Waals surface area contributed by atoms with Crippen molar-refractivity contribution in [2.45, 2.75) is 0 Å². The van der Waals surface area contributed by atoms with E-state index in [1.165, 1.54) is 0 Å². The maximum atomic E-state index is 0. The SMILES string of the molecule is [AlH3].[Cr].[H-].[H-].[K+].[K+].[V]. The molecule has 0 aliphatic heterocycles. The molecule has 0 fully saturated rings. The number of hydrogen-bond acceptors (Lipinski definition) is 0. The molecule has 0 aliphatic rings. The summed E-state index contributed by atoms with van der Waals surface area (Å²) in [5.74, 6) is 0. The molecule has 0 aromatic carbocycles. The molecule has 0 saturated carbocycles. The Bertz CT molecular complexity index is 15.7. The number of rotatable bonds is 0. The maximum absolute atomic E-state index is 0. The van der Waals surface area contributed by atoms with E-state index in [2.05, 4.69) is 0 Å². The van der Waals surface area contributed by atoms with Crippen LogP contribution in [0.15, 0.2) is 0 Å². The third-order valence-electron chi connectivity index (χ3n) is 0. The van der Waals surface area contributed by atoms with Gasteiger partial charge in [-0.25, -0.2) is 0 Å². The van der Waals surface area contributed by atoms with Gasteiger partial charge in [0.05, 0.1) is 0 Å². The van der Waals surface area contributed by atoms with Crippen LogP contribution in [0.5, 0.6) is 0 Å². The van der Waals surface area contributed by atoms with E-state index in [9.17, 15) is 0 Å². The van der Waals surface area contributed by atoms with Crippen LogP contribution in [-0.2, 0) is 35.9 Å². The molecule has 0 aromatic heterocycles. The molecule has 0 aliphatic carbocycles. The van der Waals surface area contributed by atoms with Crippen LogP contribution < -0.4 is 103 Å². The molecule has 5 heteroatoms. The van der Waals surface area contributed by atoms with E-state index in [4.69, 9.17) is 0 Å². The smallest absolute Gasteiger partial charge is 1.00 e. The van der Waals surface area contributed by atoms with E-state index in [-0.39, 0.29) is 159 Å². The summed E-state index contributed by atoms with van der Waals surface area (Å²) in [5.41, 5.74) is 0. The molecule has 21 valence electrons. The zero-order valence-corrected chi connectivity index (χ0v) is 11.8. The van der Waals surface area contributed by atoms with Crippen molar-refractivity contribution in [1.82, 2.24) is 0 Å². The average Bonchev–Trinajstić information content (AvgIpc) is 0. The minimum atomic E-state index is 0. The fourth-order valence-electron chi connectivity index (χ4n) is 0. The van der Waals surface area contributed by atoms with Gasteiger partial charge in [-0.1, -0.05) is 0 Å². The predicted octanol–water partition coefficient (Wildman–Crippen LogP) is -6.96. The molecular formula is H5AlCrK2V. The van der Waals surface area contributed by atoms with Crippen molar-refractivity contribution in [3.05, 3.63) is 0 Å². The van der Waals surface area contributed by atoms with Crippen molar-refractivity contribution in [3.63, 3.8) is 0 Å². The molecule has 0 heterocycles.